The molecule has 0 bridgehead atoms. The number of thiophene rings is 1. The fourth-order valence-electron chi connectivity index (χ4n) is 1.98. The van der Waals surface area contributed by atoms with E-state index in [2.05, 4.69) is 6.07 Å². The highest BCUT2D eigenvalue weighted by atomic mass is 32.1. The van der Waals surface area contributed by atoms with Gasteiger partial charge in [0.05, 0.1) is 17.1 Å². The van der Waals surface area contributed by atoms with Crippen molar-refractivity contribution in [2.24, 2.45) is 0 Å². The molecule has 0 spiro atoms. The summed E-state index contributed by atoms with van der Waals surface area (Å²) >= 11 is 1.72. The Morgan fingerprint density at radius 1 is 1.40 bits per heavy atom. The van der Waals surface area contributed by atoms with Crippen LogP contribution in [0.2, 0.25) is 0 Å². The minimum absolute atomic E-state index is 0.0390. The van der Waals surface area contributed by atoms with E-state index in [1.807, 2.05) is 23.4 Å². The van der Waals surface area contributed by atoms with Gasteiger partial charge >= 0.3 is 0 Å². The molecule has 5 nitrogen and oxygen atoms in total. The van der Waals surface area contributed by atoms with Crippen molar-refractivity contribution >= 4 is 22.7 Å². The van der Waals surface area contributed by atoms with E-state index in [1.165, 1.54) is 10.9 Å². The smallest absolute Gasteiger partial charge is 0.275 e. The zero-order chi connectivity index (χ0) is 14.5. The lowest BCUT2D eigenvalue weighted by Crippen LogP contribution is -2.20. The molecular weight excluding hydrogens is 276 g/mol. The number of hydrogen-bond donors (Lipinski definition) is 1. The van der Waals surface area contributed by atoms with Crippen molar-refractivity contribution < 1.29 is 10.0 Å². The summed E-state index contributed by atoms with van der Waals surface area (Å²) in [5, 5.41) is 22.1. The average molecular weight is 292 g/mol. The molecule has 106 valence electrons. The molecule has 1 heterocycles. The topological polar surface area (TPSA) is 66.6 Å². The van der Waals surface area contributed by atoms with Crippen LogP contribution in [0.25, 0.3) is 0 Å². The fraction of sp³-hybridized carbons (Fsp3) is 0.286. The quantitative estimate of drug-likeness (QED) is 0.656. The predicted octanol–water partition coefficient (Wildman–Crippen LogP) is 2.83. The first-order valence-electron chi connectivity index (χ1n) is 6.23. The standard InChI is InChI=1S/C14H16N2O3S/c1-15(7-6-13-3-2-8-20-13)12-4-5-14(16(18)19)11(9-12)10-17/h2-5,8-9,17H,6-7,10H2,1H3. The Bertz CT molecular complexity index is 584. The largest absolute Gasteiger partial charge is 0.391 e. The number of nitro benzene ring substituents is 1. The highest BCUT2D eigenvalue weighted by Crippen LogP contribution is 2.24. The number of hydrogen-bond acceptors (Lipinski definition) is 5. The van der Waals surface area contributed by atoms with Gasteiger partial charge in [-0.3, -0.25) is 10.1 Å². The number of aliphatic hydroxyl groups is 1. The summed E-state index contributed by atoms with van der Waals surface area (Å²) in [4.78, 5) is 13.7. The lowest BCUT2D eigenvalue weighted by Gasteiger charge is -2.19. The molecular formula is C14H16N2O3S. The molecule has 20 heavy (non-hydrogen) atoms. The second kappa shape index (κ2) is 6.49. The summed E-state index contributed by atoms with van der Waals surface area (Å²) in [6.07, 6.45) is 0.930. The van der Waals surface area contributed by atoms with Crippen LogP contribution < -0.4 is 4.90 Å². The van der Waals surface area contributed by atoms with Gasteiger partial charge in [-0.1, -0.05) is 6.07 Å². The van der Waals surface area contributed by atoms with Gasteiger partial charge in [0.25, 0.3) is 5.69 Å². The minimum Gasteiger partial charge on any atom is -0.391 e. The van der Waals surface area contributed by atoms with E-state index in [0.29, 0.717) is 5.56 Å². The molecule has 0 aliphatic heterocycles. The molecule has 6 heteroatoms. The van der Waals surface area contributed by atoms with Crippen LogP contribution in [0.15, 0.2) is 35.7 Å². The molecule has 0 radical (unpaired) electrons. The van der Waals surface area contributed by atoms with Crippen molar-refractivity contribution in [3.8, 4) is 0 Å². The molecule has 2 aromatic rings. The first kappa shape index (κ1) is 14.5. The number of benzene rings is 1. The van der Waals surface area contributed by atoms with Crippen molar-refractivity contribution in [2.45, 2.75) is 13.0 Å². The van der Waals surface area contributed by atoms with Gasteiger partial charge in [0, 0.05) is 30.2 Å². The average Bonchev–Trinajstić information content (AvgIpc) is 2.97. The maximum atomic E-state index is 10.8. The summed E-state index contributed by atoms with van der Waals surface area (Å²) in [5.74, 6) is 0. The molecule has 0 unspecified atom stereocenters. The van der Waals surface area contributed by atoms with Gasteiger partial charge in [0.2, 0.25) is 0 Å². The van der Waals surface area contributed by atoms with Crippen LogP contribution >= 0.6 is 11.3 Å². The first-order valence-corrected chi connectivity index (χ1v) is 7.11. The van der Waals surface area contributed by atoms with E-state index in [-0.39, 0.29) is 12.3 Å². The third-order valence-electron chi connectivity index (χ3n) is 3.14. The van der Waals surface area contributed by atoms with Crippen molar-refractivity contribution in [1.29, 1.82) is 0 Å². The molecule has 0 aliphatic rings. The maximum absolute atomic E-state index is 10.8. The van der Waals surface area contributed by atoms with Crippen LogP contribution in [0, 0.1) is 10.1 Å². The lowest BCUT2D eigenvalue weighted by molar-refractivity contribution is -0.385. The number of aliphatic hydroxyl groups excluding tert-OH is 1. The van der Waals surface area contributed by atoms with E-state index in [4.69, 9.17) is 0 Å². The molecule has 1 aromatic carbocycles. The van der Waals surface area contributed by atoms with Gasteiger partial charge in [0.15, 0.2) is 0 Å². The van der Waals surface area contributed by atoms with E-state index < -0.39 is 4.92 Å². The third-order valence-corrected chi connectivity index (χ3v) is 4.08. The molecule has 0 saturated carbocycles. The van der Waals surface area contributed by atoms with E-state index in [9.17, 15) is 15.2 Å². The first-order chi connectivity index (χ1) is 9.61. The van der Waals surface area contributed by atoms with Crippen molar-refractivity contribution in [2.75, 3.05) is 18.5 Å². The van der Waals surface area contributed by atoms with Crippen LogP contribution in [0.1, 0.15) is 10.4 Å². The minimum atomic E-state index is -0.471. The van der Waals surface area contributed by atoms with Gasteiger partial charge in [-0.15, -0.1) is 11.3 Å². The Labute approximate surface area is 121 Å². The summed E-state index contributed by atoms with van der Waals surface area (Å²) < 4.78 is 0. The van der Waals surface area contributed by atoms with Gasteiger partial charge in [-0.05, 0) is 30.0 Å². The zero-order valence-electron chi connectivity index (χ0n) is 11.2. The number of likely N-dealkylation sites (N-methyl/N-ethyl adjacent to an activating group) is 1. The molecule has 1 N–H and O–H groups in total. The molecule has 0 saturated heterocycles. The summed E-state index contributed by atoms with van der Waals surface area (Å²) in [6.45, 7) is 0.492. The Balaban J connectivity index is 2.09. The van der Waals surface area contributed by atoms with Gasteiger partial charge in [-0.25, -0.2) is 0 Å². The van der Waals surface area contributed by atoms with Crippen LogP contribution in [-0.4, -0.2) is 23.6 Å². The molecule has 0 fully saturated rings. The highest BCUT2D eigenvalue weighted by Gasteiger charge is 2.14. The summed E-state index contributed by atoms with van der Waals surface area (Å²) in [7, 11) is 1.94. The van der Waals surface area contributed by atoms with E-state index in [0.717, 1.165) is 18.7 Å². The Hall–Kier alpha value is -1.92. The Kier molecular flexibility index (Phi) is 4.70. The van der Waals surface area contributed by atoms with Crippen molar-refractivity contribution in [1.82, 2.24) is 0 Å². The van der Waals surface area contributed by atoms with E-state index >= 15 is 0 Å². The van der Waals surface area contributed by atoms with Crippen molar-refractivity contribution in [3.05, 3.63) is 56.3 Å². The molecule has 2 rings (SSSR count). The van der Waals surface area contributed by atoms with Crippen molar-refractivity contribution in [3.63, 3.8) is 0 Å². The third kappa shape index (κ3) is 3.34. The van der Waals surface area contributed by atoms with Gasteiger partial charge < -0.3 is 10.0 Å². The van der Waals surface area contributed by atoms with Crippen LogP contribution in [-0.2, 0) is 13.0 Å². The Morgan fingerprint density at radius 3 is 2.80 bits per heavy atom. The molecule has 1 aromatic heterocycles. The van der Waals surface area contributed by atoms with Crippen LogP contribution in [0.3, 0.4) is 0 Å². The molecule has 0 aliphatic carbocycles. The Morgan fingerprint density at radius 2 is 2.20 bits per heavy atom. The SMILES string of the molecule is CN(CCc1cccs1)c1ccc([N+](=O)[O-])c(CO)c1. The zero-order valence-corrected chi connectivity index (χ0v) is 12.0. The number of nitrogens with zero attached hydrogens (tertiary/aromatic N) is 2. The summed E-state index contributed by atoms with van der Waals surface area (Å²) in [5.41, 5.74) is 1.18. The normalized spacial score (nSPS) is 10.5. The number of rotatable bonds is 6. The second-order valence-corrected chi connectivity index (χ2v) is 5.51. The second-order valence-electron chi connectivity index (χ2n) is 4.48. The van der Waals surface area contributed by atoms with Crippen LogP contribution in [0.5, 0.6) is 0 Å². The lowest BCUT2D eigenvalue weighted by atomic mass is 10.1. The molecule has 0 atom stereocenters. The van der Waals surface area contributed by atoms with Crippen LogP contribution in [0.4, 0.5) is 11.4 Å². The monoisotopic (exact) mass is 292 g/mol. The number of anilines is 1. The molecule has 0 amide bonds. The maximum Gasteiger partial charge on any atom is 0.275 e. The van der Waals surface area contributed by atoms with E-state index in [1.54, 1.807) is 23.5 Å². The fourth-order valence-corrected chi connectivity index (χ4v) is 2.67. The van der Waals surface area contributed by atoms with Gasteiger partial charge in [-0.2, -0.15) is 0 Å². The number of nitro groups is 1. The van der Waals surface area contributed by atoms with Gasteiger partial charge in [0.1, 0.15) is 0 Å². The summed E-state index contributed by atoms with van der Waals surface area (Å²) in [6, 6.07) is 8.95. The highest BCUT2D eigenvalue weighted by molar-refractivity contribution is 7.09. The predicted molar refractivity (Wildman–Crippen MR) is 80.3 cm³/mol.